The van der Waals surface area contributed by atoms with E-state index in [0.717, 1.165) is 23.3 Å². The minimum Gasteiger partial charge on any atom is -0.380 e. The van der Waals surface area contributed by atoms with Gasteiger partial charge in [0.15, 0.2) is 5.78 Å². The van der Waals surface area contributed by atoms with Gasteiger partial charge in [-0.3, -0.25) is 4.79 Å². The zero-order valence-corrected chi connectivity index (χ0v) is 17.8. The monoisotopic (exact) mass is 391 g/mol. The Balaban J connectivity index is 2.39. The van der Waals surface area contributed by atoms with Gasteiger partial charge in [-0.05, 0) is 44.1 Å². The molecule has 1 aliphatic rings. The van der Waals surface area contributed by atoms with Crippen LogP contribution in [0.3, 0.4) is 0 Å². The molecule has 0 amide bonds. The van der Waals surface area contributed by atoms with Crippen LogP contribution in [0.25, 0.3) is 5.70 Å². The van der Waals surface area contributed by atoms with Crippen molar-refractivity contribution in [2.24, 2.45) is 0 Å². The van der Waals surface area contributed by atoms with Gasteiger partial charge in [0.2, 0.25) is 0 Å². The lowest BCUT2D eigenvalue weighted by Crippen LogP contribution is -2.40. The molecule has 0 aliphatic heterocycles. The summed E-state index contributed by atoms with van der Waals surface area (Å²) in [6, 6.07) is 8.12. The summed E-state index contributed by atoms with van der Waals surface area (Å²) < 4.78 is 0. The largest absolute Gasteiger partial charge is 0.380 e. The van der Waals surface area contributed by atoms with Crippen molar-refractivity contribution in [3.63, 3.8) is 0 Å². The van der Waals surface area contributed by atoms with Crippen molar-refractivity contribution in [3.05, 3.63) is 52.6 Å². The van der Waals surface area contributed by atoms with E-state index in [1.807, 2.05) is 49.9 Å². The summed E-state index contributed by atoms with van der Waals surface area (Å²) in [5, 5.41) is 5.56. The van der Waals surface area contributed by atoms with Gasteiger partial charge in [0.1, 0.15) is 0 Å². The smallest absolute Gasteiger partial charge is 0.183 e. The second kappa shape index (κ2) is 10.2. The number of allylic oxidation sites excluding steroid dienone is 3. The second-order valence-electron chi connectivity index (χ2n) is 7.10. The summed E-state index contributed by atoms with van der Waals surface area (Å²) in [5.74, 6) is 0.0267. The maximum atomic E-state index is 12.5. The van der Waals surface area contributed by atoms with E-state index >= 15 is 0 Å². The first-order valence-corrected chi connectivity index (χ1v) is 10.8. The van der Waals surface area contributed by atoms with Crippen LogP contribution in [0.4, 0.5) is 0 Å². The highest BCUT2D eigenvalue weighted by molar-refractivity contribution is 8.00. The van der Waals surface area contributed by atoms with Gasteiger partial charge in [-0.2, -0.15) is 11.8 Å². The van der Waals surface area contributed by atoms with Gasteiger partial charge >= 0.3 is 0 Å². The standard InChI is InChI=1S/C22H30ClNOS/c1-5-10-20(25)16(4)22(17-11-6-7-12-18(17)23)24-19-13-8-9-14-21(19)26-15(2)3/h5-7,10-12,15,19,21,24H,8-9,13-14H2,1-4H3/b10-5+,22-16-. The van der Waals surface area contributed by atoms with Gasteiger partial charge < -0.3 is 5.32 Å². The molecule has 142 valence electrons. The van der Waals surface area contributed by atoms with Crippen LogP contribution >= 0.6 is 23.4 Å². The Morgan fingerprint density at radius 1 is 1.27 bits per heavy atom. The van der Waals surface area contributed by atoms with Crippen molar-refractivity contribution in [3.8, 4) is 0 Å². The van der Waals surface area contributed by atoms with Crippen molar-refractivity contribution >= 4 is 34.8 Å². The summed E-state index contributed by atoms with van der Waals surface area (Å²) in [6.45, 7) is 8.26. The van der Waals surface area contributed by atoms with Gasteiger partial charge in [0.25, 0.3) is 0 Å². The van der Waals surface area contributed by atoms with Gasteiger partial charge in [-0.15, -0.1) is 0 Å². The molecule has 0 spiro atoms. The molecule has 4 heteroatoms. The number of benzene rings is 1. The van der Waals surface area contributed by atoms with Crippen LogP contribution < -0.4 is 5.32 Å². The first-order valence-electron chi connectivity index (χ1n) is 9.48. The predicted molar refractivity (Wildman–Crippen MR) is 116 cm³/mol. The normalized spacial score (nSPS) is 21.8. The van der Waals surface area contributed by atoms with Crippen LogP contribution in [-0.2, 0) is 4.79 Å². The van der Waals surface area contributed by atoms with E-state index in [1.54, 1.807) is 12.2 Å². The molecule has 1 aliphatic carbocycles. The third-order valence-electron chi connectivity index (χ3n) is 4.69. The van der Waals surface area contributed by atoms with Crippen LogP contribution in [0.2, 0.25) is 5.02 Å². The van der Waals surface area contributed by atoms with Gasteiger partial charge in [-0.1, -0.05) is 62.6 Å². The third-order valence-corrected chi connectivity index (χ3v) is 6.47. The van der Waals surface area contributed by atoms with E-state index in [1.165, 1.54) is 19.3 Å². The number of hydrogen-bond donors (Lipinski definition) is 1. The number of rotatable bonds is 7. The lowest BCUT2D eigenvalue weighted by Gasteiger charge is -2.35. The highest BCUT2D eigenvalue weighted by Crippen LogP contribution is 2.34. The molecule has 1 aromatic rings. The van der Waals surface area contributed by atoms with Crippen molar-refractivity contribution < 1.29 is 4.79 Å². The van der Waals surface area contributed by atoms with Gasteiger partial charge in [0.05, 0.1) is 0 Å². The fraction of sp³-hybridized carbons (Fsp3) is 0.500. The van der Waals surface area contributed by atoms with E-state index in [0.29, 0.717) is 21.6 Å². The number of nitrogens with one attached hydrogen (secondary N) is 1. The number of halogens is 1. The molecule has 0 radical (unpaired) electrons. The number of carbonyl (C=O) groups excluding carboxylic acids is 1. The second-order valence-corrected chi connectivity index (χ2v) is 9.33. The molecular weight excluding hydrogens is 362 g/mol. The van der Waals surface area contributed by atoms with Crippen LogP contribution in [0, 0.1) is 0 Å². The molecule has 2 rings (SSSR count). The SMILES string of the molecule is C/C=C/C(=O)/C(C)=C(\NC1CCCCC1SC(C)C)c1ccccc1Cl. The topological polar surface area (TPSA) is 29.1 Å². The molecule has 1 N–H and O–H groups in total. The van der Waals surface area contributed by atoms with Crippen LogP contribution in [0.15, 0.2) is 42.0 Å². The Labute approximate surface area is 167 Å². The lowest BCUT2D eigenvalue weighted by atomic mass is 9.93. The van der Waals surface area contributed by atoms with E-state index in [4.69, 9.17) is 11.6 Å². The Hall–Kier alpha value is -1.19. The molecule has 2 nitrogen and oxygen atoms in total. The van der Waals surface area contributed by atoms with Gasteiger partial charge in [-0.25, -0.2) is 0 Å². The third kappa shape index (κ3) is 5.65. The first kappa shape index (κ1) is 21.1. The molecular formula is C22H30ClNOS. The van der Waals surface area contributed by atoms with E-state index in [-0.39, 0.29) is 5.78 Å². The molecule has 2 atom stereocenters. The Kier molecular flexibility index (Phi) is 8.30. The summed E-state index contributed by atoms with van der Waals surface area (Å²) >= 11 is 8.51. The number of ketones is 1. The van der Waals surface area contributed by atoms with Gasteiger partial charge in [0, 0.05) is 33.1 Å². The molecule has 0 heterocycles. The van der Waals surface area contributed by atoms with Crippen LogP contribution in [0.5, 0.6) is 0 Å². The van der Waals surface area contributed by atoms with E-state index in [9.17, 15) is 4.79 Å². The molecule has 2 unspecified atom stereocenters. The summed E-state index contributed by atoms with van der Waals surface area (Å²) in [5.41, 5.74) is 2.50. The molecule has 26 heavy (non-hydrogen) atoms. The van der Waals surface area contributed by atoms with Crippen molar-refractivity contribution in [1.29, 1.82) is 0 Å². The molecule has 0 saturated heterocycles. The molecule has 0 bridgehead atoms. The fourth-order valence-corrected chi connectivity index (χ4v) is 5.04. The van der Waals surface area contributed by atoms with E-state index in [2.05, 4.69) is 19.2 Å². The molecule has 1 aromatic carbocycles. The maximum absolute atomic E-state index is 12.5. The highest BCUT2D eigenvalue weighted by atomic mass is 35.5. The average Bonchev–Trinajstić information content (AvgIpc) is 2.61. The number of thioether (sulfide) groups is 1. The Bertz CT molecular complexity index is 680. The quantitative estimate of drug-likeness (QED) is 0.556. The molecule has 0 aromatic heterocycles. The number of carbonyl (C=O) groups is 1. The first-order chi connectivity index (χ1) is 12.4. The highest BCUT2D eigenvalue weighted by Gasteiger charge is 2.28. The van der Waals surface area contributed by atoms with E-state index < -0.39 is 0 Å². The maximum Gasteiger partial charge on any atom is 0.183 e. The minimum atomic E-state index is 0.0267. The zero-order chi connectivity index (χ0) is 19.1. The van der Waals surface area contributed by atoms with Crippen molar-refractivity contribution in [2.75, 3.05) is 0 Å². The zero-order valence-electron chi connectivity index (χ0n) is 16.2. The predicted octanol–water partition coefficient (Wildman–Crippen LogP) is 6.26. The van der Waals surface area contributed by atoms with Crippen LogP contribution in [0.1, 0.15) is 58.9 Å². The summed E-state index contributed by atoms with van der Waals surface area (Å²) in [4.78, 5) is 12.5. The summed E-state index contributed by atoms with van der Waals surface area (Å²) in [6.07, 6.45) is 8.26. The fourth-order valence-electron chi connectivity index (χ4n) is 3.41. The lowest BCUT2D eigenvalue weighted by molar-refractivity contribution is -0.111. The Morgan fingerprint density at radius 3 is 2.62 bits per heavy atom. The number of hydrogen-bond acceptors (Lipinski definition) is 3. The Morgan fingerprint density at radius 2 is 1.96 bits per heavy atom. The molecule has 1 saturated carbocycles. The van der Waals surface area contributed by atoms with Crippen molar-refractivity contribution in [2.45, 2.75) is 69.9 Å². The molecule has 1 fully saturated rings. The van der Waals surface area contributed by atoms with Crippen molar-refractivity contribution in [1.82, 2.24) is 5.32 Å². The average molecular weight is 392 g/mol. The summed E-state index contributed by atoms with van der Waals surface area (Å²) in [7, 11) is 0. The minimum absolute atomic E-state index is 0.0267. The van der Waals surface area contributed by atoms with Crippen LogP contribution in [-0.4, -0.2) is 22.3 Å².